The second-order valence-electron chi connectivity index (χ2n) is 4.72. The quantitative estimate of drug-likeness (QED) is 0.901. The lowest BCUT2D eigenvalue weighted by molar-refractivity contribution is -0.143. The molecule has 1 N–H and O–H groups in total. The molecule has 6 heteroatoms. The Bertz CT molecular complexity index is 504. The Balaban J connectivity index is 2.16. The van der Waals surface area contributed by atoms with Gasteiger partial charge in [-0.1, -0.05) is 0 Å². The van der Waals surface area contributed by atoms with Crippen LogP contribution in [0.1, 0.15) is 30.1 Å². The Morgan fingerprint density at radius 3 is 3.05 bits per heavy atom. The molecule has 0 aromatic carbocycles. The zero-order valence-corrected chi connectivity index (χ0v) is 11.4. The van der Waals surface area contributed by atoms with Crippen LogP contribution in [-0.4, -0.2) is 46.6 Å². The van der Waals surface area contributed by atoms with Crippen LogP contribution in [-0.2, 0) is 4.79 Å². The lowest BCUT2D eigenvalue weighted by Crippen LogP contribution is -2.42. The minimum Gasteiger partial charge on any atom is -0.481 e. The molecule has 1 aliphatic heterocycles. The Morgan fingerprint density at radius 2 is 2.35 bits per heavy atom. The summed E-state index contributed by atoms with van der Waals surface area (Å²) in [5.74, 6) is -1.25. The van der Waals surface area contributed by atoms with Gasteiger partial charge < -0.3 is 14.7 Å². The van der Waals surface area contributed by atoms with E-state index in [1.54, 1.807) is 23.2 Å². The molecule has 1 aromatic rings. The summed E-state index contributed by atoms with van der Waals surface area (Å²) in [5, 5.41) is 9.07. The number of hydrogen-bond acceptors (Lipinski definition) is 4. The molecule has 6 nitrogen and oxygen atoms in total. The lowest BCUT2D eigenvalue weighted by Gasteiger charge is -2.30. The minimum atomic E-state index is -0.848. The van der Waals surface area contributed by atoms with Gasteiger partial charge >= 0.3 is 5.97 Å². The Hall–Kier alpha value is -2.11. The van der Waals surface area contributed by atoms with Crippen LogP contribution in [0.5, 0.6) is 5.88 Å². The van der Waals surface area contributed by atoms with Crippen LogP contribution in [0.25, 0.3) is 0 Å². The van der Waals surface area contributed by atoms with Crippen LogP contribution in [0.3, 0.4) is 0 Å². The van der Waals surface area contributed by atoms with E-state index in [-0.39, 0.29) is 12.5 Å². The number of ether oxygens (including phenoxy) is 1. The van der Waals surface area contributed by atoms with E-state index >= 15 is 0 Å². The van der Waals surface area contributed by atoms with E-state index in [0.29, 0.717) is 37.4 Å². The van der Waals surface area contributed by atoms with Gasteiger partial charge in [0, 0.05) is 19.3 Å². The number of piperidine rings is 1. The number of hydrogen-bond donors (Lipinski definition) is 1. The van der Waals surface area contributed by atoms with Crippen LogP contribution >= 0.6 is 0 Å². The van der Waals surface area contributed by atoms with E-state index in [0.717, 1.165) is 0 Å². The first-order valence-corrected chi connectivity index (χ1v) is 6.73. The van der Waals surface area contributed by atoms with Crippen LogP contribution in [0, 0.1) is 5.92 Å². The summed E-state index contributed by atoms with van der Waals surface area (Å²) in [6.07, 6.45) is 2.88. The Kier molecular flexibility index (Phi) is 4.55. The highest BCUT2D eigenvalue weighted by atomic mass is 16.5. The molecule has 0 aliphatic carbocycles. The zero-order chi connectivity index (χ0) is 14.5. The molecule has 108 valence electrons. The summed E-state index contributed by atoms with van der Waals surface area (Å²) >= 11 is 0. The predicted octanol–water partition coefficient (Wildman–Crippen LogP) is 1.42. The van der Waals surface area contributed by atoms with Crippen molar-refractivity contribution < 1.29 is 19.4 Å². The number of rotatable bonds is 4. The third-order valence-electron chi connectivity index (χ3n) is 3.34. The molecule has 0 spiro atoms. The molecule has 20 heavy (non-hydrogen) atoms. The summed E-state index contributed by atoms with van der Waals surface area (Å²) in [4.78, 5) is 29.2. The number of carboxylic acids is 1. The Labute approximate surface area is 117 Å². The highest BCUT2D eigenvalue weighted by Crippen LogP contribution is 2.22. The molecule has 0 saturated carbocycles. The van der Waals surface area contributed by atoms with E-state index in [1.165, 1.54) is 0 Å². The van der Waals surface area contributed by atoms with Crippen molar-refractivity contribution in [2.24, 2.45) is 5.92 Å². The molecular weight excluding hydrogens is 260 g/mol. The molecule has 1 aliphatic rings. The van der Waals surface area contributed by atoms with Gasteiger partial charge in [0.15, 0.2) is 0 Å². The number of carboxylic acid groups (broad SMARTS) is 1. The predicted molar refractivity (Wildman–Crippen MR) is 71.7 cm³/mol. The van der Waals surface area contributed by atoms with Gasteiger partial charge in [-0.3, -0.25) is 9.59 Å². The molecule has 1 aromatic heterocycles. The normalized spacial score (nSPS) is 18.6. The molecule has 1 fully saturated rings. The van der Waals surface area contributed by atoms with E-state index in [4.69, 9.17) is 9.84 Å². The minimum absolute atomic E-state index is 0.215. The van der Waals surface area contributed by atoms with E-state index in [2.05, 4.69) is 4.98 Å². The average Bonchev–Trinajstić information content (AvgIpc) is 2.47. The summed E-state index contributed by atoms with van der Waals surface area (Å²) in [6, 6.07) is 3.33. The summed E-state index contributed by atoms with van der Waals surface area (Å²) in [6.45, 7) is 3.07. The monoisotopic (exact) mass is 278 g/mol. The molecule has 2 rings (SSSR count). The number of aliphatic carboxylic acids is 1. The van der Waals surface area contributed by atoms with Gasteiger partial charge in [-0.2, -0.15) is 0 Å². The summed E-state index contributed by atoms with van der Waals surface area (Å²) < 4.78 is 5.35. The highest BCUT2D eigenvalue weighted by molar-refractivity contribution is 5.96. The molecule has 0 bridgehead atoms. The topological polar surface area (TPSA) is 79.7 Å². The summed E-state index contributed by atoms with van der Waals surface area (Å²) in [5.41, 5.74) is 0.389. The van der Waals surface area contributed by atoms with Crippen molar-refractivity contribution in [1.82, 2.24) is 9.88 Å². The largest absolute Gasteiger partial charge is 0.481 e. The second kappa shape index (κ2) is 6.36. The smallest absolute Gasteiger partial charge is 0.308 e. The van der Waals surface area contributed by atoms with Crippen LogP contribution in [0.4, 0.5) is 0 Å². The van der Waals surface area contributed by atoms with Crippen LogP contribution < -0.4 is 4.74 Å². The van der Waals surface area contributed by atoms with E-state index < -0.39 is 11.9 Å². The number of likely N-dealkylation sites (tertiary alicyclic amines) is 1. The molecule has 1 saturated heterocycles. The van der Waals surface area contributed by atoms with Gasteiger partial charge in [0.05, 0.1) is 12.5 Å². The van der Waals surface area contributed by atoms with Gasteiger partial charge in [-0.25, -0.2) is 4.98 Å². The average molecular weight is 278 g/mol. The first-order valence-electron chi connectivity index (χ1n) is 6.73. The first kappa shape index (κ1) is 14.3. The van der Waals surface area contributed by atoms with Crippen molar-refractivity contribution in [3.8, 4) is 5.88 Å². The van der Waals surface area contributed by atoms with Crippen molar-refractivity contribution in [3.05, 3.63) is 23.9 Å². The fourth-order valence-electron chi connectivity index (χ4n) is 2.34. The molecule has 1 amide bonds. The van der Waals surface area contributed by atoms with Gasteiger partial charge in [0.25, 0.3) is 5.91 Å². The van der Waals surface area contributed by atoms with Crippen LogP contribution in [0.15, 0.2) is 18.3 Å². The fourth-order valence-corrected chi connectivity index (χ4v) is 2.34. The molecule has 1 atom stereocenters. The number of nitrogens with zero attached hydrogens (tertiary/aromatic N) is 2. The van der Waals surface area contributed by atoms with Gasteiger partial charge in [-0.15, -0.1) is 0 Å². The van der Waals surface area contributed by atoms with Gasteiger partial charge in [0.1, 0.15) is 5.56 Å². The van der Waals surface area contributed by atoms with Crippen molar-refractivity contribution in [3.63, 3.8) is 0 Å². The fraction of sp³-hybridized carbons (Fsp3) is 0.500. The maximum atomic E-state index is 12.5. The third-order valence-corrected chi connectivity index (χ3v) is 3.34. The SMILES string of the molecule is CCOc1ncccc1C(=O)N1CCC[C@@H](C(=O)O)C1. The maximum Gasteiger partial charge on any atom is 0.308 e. The number of pyridine rings is 1. The highest BCUT2D eigenvalue weighted by Gasteiger charge is 2.29. The molecule has 0 radical (unpaired) electrons. The molecule has 0 unspecified atom stereocenters. The van der Waals surface area contributed by atoms with Gasteiger partial charge in [0.2, 0.25) is 5.88 Å². The number of carbonyl (C=O) groups excluding carboxylic acids is 1. The zero-order valence-electron chi connectivity index (χ0n) is 11.4. The first-order chi connectivity index (χ1) is 9.63. The van der Waals surface area contributed by atoms with Crippen molar-refractivity contribution >= 4 is 11.9 Å². The standard InChI is InChI=1S/C14H18N2O4/c1-2-20-12-11(6-3-7-15-12)13(17)16-8-4-5-10(9-16)14(18)19/h3,6-7,10H,2,4-5,8-9H2,1H3,(H,18,19)/t10-/m1/s1. The lowest BCUT2D eigenvalue weighted by atomic mass is 9.98. The summed E-state index contributed by atoms with van der Waals surface area (Å²) in [7, 11) is 0. The number of aromatic nitrogens is 1. The van der Waals surface area contributed by atoms with Gasteiger partial charge in [-0.05, 0) is 31.9 Å². The van der Waals surface area contributed by atoms with Crippen molar-refractivity contribution in [1.29, 1.82) is 0 Å². The van der Waals surface area contributed by atoms with Crippen molar-refractivity contribution in [2.75, 3.05) is 19.7 Å². The third kappa shape index (κ3) is 3.07. The Morgan fingerprint density at radius 1 is 1.55 bits per heavy atom. The van der Waals surface area contributed by atoms with Crippen LogP contribution in [0.2, 0.25) is 0 Å². The van der Waals surface area contributed by atoms with Crippen molar-refractivity contribution in [2.45, 2.75) is 19.8 Å². The molecular formula is C14H18N2O4. The van der Waals surface area contributed by atoms with E-state index in [1.807, 2.05) is 6.92 Å². The maximum absolute atomic E-state index is 12.5. The number of carbonyl (C=O) groups is 2. The second-order valence-corrected chi connectivity index (χ2v) is 4.72. The van der Waals surface area contributed by atoms with E-state index in [9.17, 15) is 9.59 Å². The number of amides is 1. The molecule has 2 heterocycles.